The molecule has 5 atom stereocenters. The standard InChI is InChI=1S/C30H37N5O8/c1-3-16(2)26(35-27(39)21(31)13-18-15-32-22-7-5-4-6-20(18)22)29(41)33-23(12-17-8-10-19(36)11-9-17)28(40)34-24(30(42)43)14-25(37)38/h4-11,15-16,21,23-24,26,32,36H,3,12-14,31H2,1-2H3,(H,33,41)(H,34,40)(H,35,39)(H,37,38)(H,42,43). The van der Waals surface area contributed by atoms with E-state index in [1.807, 2.05) is 31.2 Å². The maximum Gasteiger partial charge on any atom is 0.326 e. The number of phenols is 1. The van der Waals surface area contributed by atoms with Crippen LogP contribution in [0.4, 0.5) is 0 Å². The van der Waals surface area contributed by atoms with Crippen LogP contribution in [0.15, 0.2) is 54.7 Å². The van der Waals surface area contributed by atoms with Gasteiger partial charge in [0.25, 0.3) is 0 Å². The SMILES string of the molecule is CCC(C)C(NC(=O)C(N)Cc1c[nH]c2ccccc12)C(=O)NC(Cc1ccc(O)cc1)C(=O)NC(CC(=O)O)C(=O)O. The number of nitrogens with one attached hydrogen (secondary N) is 4. The molecule has 3 aromatic rings. The van der Waals surface area contributed by atoms with Gasteiger partial charge in [0.1, 0.15) is 23.9 Å². The fourth-order valence-corrected chi connectivity index (χ4v) is 4.58. The van der Waals surface area contributed by atoms with E-state index in [0.717, 1.165) is 16.5 Å². The summed E-state index contributed by atoms with van der Waals surface area (Å²) in [6.45, 7) is 3.57. The Morgan fingerprint density at radius 1 is 0.860 bits per heavy atom. The molecule has 0 aliphatic carbocycles. The highest BCUT2D eigenvalue weighted by Gasteiger charge is 2.33. The number of aliphatic carboxylic acids is 2. The van der Waals surface area contributed by atoms with Crippen LogP contribution in [0.25, 0.3) is 10.9 Å². The highest BCUT2D eigenvalue weighted by atomic mass is 16.4. The maximum atomic E-state index is 13.5. The lowest BCUT2D eigenvalue weighted by molar-refractivity contribution is -0.147. The second kappa shape index (κ2) is 14.8. The van der Waals surface area contributed by atoms with Crippen molar-refractivity contribution in [2.45, 2.75) is 63.7 Å². The van der Waals surface area contributed by atoms with Crippen molar-refractivity contribution in [3.63, 3.8) is 0 Å². The van der Waals surface area contributed by atoms with Crippen molar-refractivity contribution < 1.29 is 39.3 Å². The molecule has 2 aromatic carbocycles. The van der Waals surface area contributed by atoms with Gasteiger partial charge in [-0.2, -0.15) is 0 Å². The zero-order valence-electron chi connectivity index (χ0n) is 23.9. The number of nitrogens with two attached hydrogens (primary N) is 1. The normalized spacial score (nSPS) is 14.6. The van der Waals surface area contributed by atoms with E-state index < -0.39 is 60.2 Å². The van der Waals surface area contributed by atoms with Crippen molar-refractivity contribution in [2.24, 2.45) is 11.7 Å². The lowest BCUT2D eigenvalue weighted by Gasteiger charge is -2.28. The predicted molar refractivity (Wildman–Crippen MR) is 157 cm³/mol. The van der Waals surface area contributed by atoms with E-state index in [9.17, 15) is 34.2 Å². The molecule has 1 heterocycles. The zero-order valence-corrected chi connectivity index (χ0v) is 23.9. The minimum absolute atomic E-state index is 0.0234. The molecular formula is C30H37N5O8. The average molecular weight is 596 g/mol. The number of rotatable bonds is 15. The molecule has 9 N–H and O–H groups in total. The number of fused-ring (bicyclic) bond motifs is 1. The number of carbonyl (C=O) groups is 5. The Bertz CT molecular complexity index is 1450. The van der Waals surface area contributed by atoms with E-state index in [-0.39, 0.29) is 24.5 Å². The molecule has 230 valence electrons. The van der Waals surface area contributed by atoms with Gasteiger partial charge in [0.15, 0.2) is 0 Å². The van der Waals surface area contributed by atoms with Crippen LogP contribution in [0.5, 0.6) is 5.75 Å². The van der Waals surface area contributed by atoms with Crippen LogP contribution in [0, 0.1) is 5.92 Å². The number of aromatic nitrogens is 1. The first-order chi connectivity index (χ1) is 20.4. The number of para-hydroxylation sites is 1. The number of carboxylic acid groups (broad SMARTS) is 2. The van der Waals surface area contributed by atoms with Crippen LogP contribution in [-0.4, -0.2) is 74.1 Å². The Balaban J connectivity index is 1.78. The third-order valence-electron chi connectivity index (χ3n) is 7.25. The van der Waals surface area contributed by atoms with Gasteiger partial charge in [-0.25, -0.2) is 4.79 Å². The fourth-order valence-electron chi connectivity index (χ4n) is 4.58. The van der Waals surface area contributed by atoms with Gasteiger partial charge in [-0.3, -0.25) is 19.2 Å². The van der Waals surface area contributed by atoms with Crippen LogP contribution >= 0.6 is 0 Å². The van der Waals surface area contributed by atoms with E-state index in [2.05, 4.69) is 20.9 Å². The largest absolute Gasteiger partial charge is 0.508 e. The lowest BCUT2D eigenvalue weighted by Crippen LogP contribution is -2.59. The topological polar surface area (TPSA) is 224 Å². The van der Waals surface area contributed by atoms with E-state index in [1.165, 1.54) is 24.3 Å². The number of carboxylic acids is 2. The summed E-state index contributed by atoms with van der Waals surface area (Å²) in [6.07, 6.45) is 1.48. The smallest absolute Gasteiger partial charge is 0.326 e. The van der Waals surface area contributed by atoms with Gasteiger partial charge in [-0.05, 0) is 41.7 Å². The van der Waals surface area contributed by atoms with Crippen molar-refractivity contribution >= 4 is 40.6 Å². The van der Waals surface area contributed by atoms with Crippen molar-refractivity contribution in [2.75, 3.05) is 0 Å². The summed E-state index contributed by atoms with van der Waals surface area (Å²) in [6, 6.07) is 8.22. The van der Waals surface area contributed by atoms with Crippen LogP contribution in [0.1, 0.15) is 37.8 Å². The summed E-state index contributed by atoms with van der Waals surface area (Å²) in [5.41, 5.74) is 8.48. The second-order valence-corrected chi connectivity index (χ2v) is 10.5. The Labute approximate surface area is 247 Å². The molecule has 43 heavy (non-hydrogen) atoms. The van der Waals surface area contributed by atoms with Crippen molar-refractivity contribution in [3.05, 3.63) is 65.9 Å². The number of hydrogen-bond donors (Lipinski definition) is 8. The molecule has 1 aromatic heterocycles. The number of benzene rings is 2. The van der Waals surface area contributed by atoms with Gasteiger partial charge in [0.2, 0.25) is 17.7 Å². The van der Waals surface area contributed by atoms with Crippen molar-refractivity contribution in [1.82, 2.24) is 20.9 Å². The molecule has 0 aliphatic rings. The lowest BCUT2D eigenvalue weighted by atomic mass is 9.96. The fraction of sp³-hybridized carbons (Fsp3) is 0.367. The number of phenolic OH excluding ortho intramolecular Hbond substituents is 1. The van der Waals surface area contributed by atoms with Gasteiger partial charge in [0, 0.05) is 23.5 Å². The Morgan fingerprint density at radius 3 is 2.14 bits per heavy atom. The Hall–Kier alpha value is -4.91. The number of aromatic hydroxyl groups is 1. The van der Waals surface area contributed by atoms with Gasteiger partial charge in [0.05, 0.1) is 12.5 Å². The minimum Gasteiger partial charge on any atom is -0.508 e. The molecular weight excluding hydrogens is 558 g/mol. The summed E-state index contributed by atoms with van der Waals surface area (Å²) in [5.74, 6) is -5.59. The van der Waals surface area contributed by atoms with Gasteiger partial charge in [-0.15, -0.1) is 0 Å². The summed E-state index contributed by atoms with van der Waals surface area (Å²) >= 11 is 0. The first kappa shape index (κ1) is 32.6. The highest BCUT2D eigenvalue weighted by Crippen LogP contribution is 2.19. The first-order valence-corrected chi connectivity index (χ1v) is 13.8. The van der Waals surface area contributed by atoms with E-state index in [0.29, 0.717) is 12.0 Å². The van der Waals surface area contributed by atoms with Crippen LogP contribution < -0.4 is 21.7 Å². The molecule has 0 spiro atoms. The van der Waals surface area contributed by atoms with Crippen molar-refractivity contribution in [3.8, 4) is 5.75 Å². The van der Waals surface area contributed by atoms with Gasteiger partial charge >= 0.3 is 11.9 Å². The van der Waals surface area contributed by atoms with Crippen molar-refractivity contribution in [1.29, 1.82) is 0 Å². The summed E-state index contributed by atoms with van der Waals surface area (Å²) in [5, 5.41) is 36.5. The molecule has 0 aliphatic heterocycles. The van der Waals surface area contributed by atoms with E-state index in [1.54, 1.807) is 13.1 Å². The maximum absolute atomic E-state index is 13.5. The Kier molecular flexibility index (Phi) is 11.2. The van der Waals surface area contributed by atoms with E-state index >= 15 is 0 Å². The molecule has 13 nitrogen and oxygen atoms in total. The monoisotopic (exact) mass is 595 g/mol. The summed E-state index contributed by atoms with van der Waals surface area (Å²) < 4.78 is 0. The molecule has 5 unspecified atom stereocenters. The average Bonchev–Trinajstić information content (AvgIpc) is 3.37. The number of hydrogen-bond acceptors (Lipinski definition) is 7. The third kappa shape index (κ3) is 9.04. The quantitative estimate of drug-likeness (QED) is 0.125. The second-order valence-electron chi connectivity index (χ2n) is 10.5. The summed E-state index contributed by atoms with van der Waals surface area (Å²) in [7, 11) is 0. The number of carbonyl (C=O) groups excluding carboxylic acids is 3. The molecule has 3 rings (SSSR count). The van der Waals surface area contributed by atoms with Crippen LogP contribution in [0.3, 0.4) is 0 Å². The molecule has 0 saturated carbocycles. The minimum atomic E-state index is -1.74. The van der Waals surface area contributed by atoms with Gasteiger partial charge in [-0.1, -0.05) is 50.6 Å². The molecule has 0 bridgehead atoms. The van der Waals surface area contributed by atoms with Gasteiger partial charge < -0.3 is 42.0 Å². The van der Waals surface area contributed by atoms with E-state index in [4.69, 9.17) is 10.8 Å². The molecule has 0 radical (unpaired) electrons. The third-order valence-corrected chi connectivity index (χ3v) is 7.25. The molecule has 0 saturated heterocycles. The zero-order chi connectivity index (χ0) is 31.7. The van der Waals surface area contributed by atoms with Crippen LogP contribution in [0.2, 0.25) is 0 Å². The number of amides is 3. The summed E-state index contributed by atoms with van der Waals surface area (Å²) in [4.78, 5) is 65.7. The predicted octanol–water partition coefficient (Wildman–Crippen LogP) is 1.05. The number of aromatic amines is 1. The first-order valence-electron chi connectivity index (χ1n) is 13.8. The Morgan fingerprint density at radius 2 is 1.51 bits per heavy atom. The number of H-pyrrole nitrogens is 1. The molecule has 0 fully saturated rings. The molecule has 3 amide bonds. The van der Waals surface area contributed by atoms with Crippen LogP contribution in [-0.2, 0) is 36.8 Å². The molecule has 13 heteroatoms. The highest BCUT2D eigenvalue weighted by molar-refractivity contribution is 5.95.